The van der Waals surface area contributed by atoms with Gasteiger partial charge in [0, 0.05) is 18.1 Å². The first kappa shape index (κ1) is 13.7. The summed E-state index contributed by atoms with van der Waals surface area (Å²) in [4.78, 5) is 14.3. The quantitative estimate of drug-likeness (QED) is 0.842. The molecule has 1 saturated carbocycles. The Morgan fingerprint density at radius 3 is 2.70 bits per heavy atom. The van der Waals surface area contributed by atoms with E-state index >= 15 is 0 Å². The predicted molar refractivity (Wildman–Crippen MR) is 81.8 cm³/mol. The maximum Gasteiger partial charge on any atom is 0.238 e. The summed E-state index contributed by atoms with van der Waals surface area (Å²) in [5, 5.41) is 3.44. The van der Waals surface area contributed by atoms with Crippen molar-refractivity contribution in [3.05, 3.63) is 23.2 Å². The maximum atomic E-state index is 12.1. The number of nitrogen functional groups attached to an aromatic ring is 1. The highest BCUT2D eigenvalue weighted by Gasteiger charge is 2.36. The van der Waals surface area contributed by atoms with Gasteiger partial charge in [-0.05, 0) is 42.9 Å². The molecule has 108 valence electrons. The molecule has 1 aromatic carbocycles. The summed E-state index contributed by atoms with van der Waals surface area (Å²) in [6.45, 7) is 2.58. The highest BCUT2D eigenvalue weighted by molar-refractivity contribution is 6.31. The van der Waals surface area contributed by atoms with Crippen molar-refractivity contribution in [2.45, 2.75) is 19.3 Å². The molecule has 0 aromatic heterocycles. The fraction of sp³-hybridized carbons (Fsp3) is 0.533. The molecule has 1 amide bonds. The van der Waals surface area contributed by atoms with E-state index in [4.69, 9.17) is 17.3 Å². The lowest BCUT2D eigenvalue weighted by Gasteiger charge is -2.16. The number of carbonyl (C=O) groups is 1. The second-order valence-corrected chi connectivity index (χ2v) is 6.36. The van der Waals surface area contributed by atoms with Crippen LogP contribution in [0.3, 0.4) is 0 Å². The molecule has 3 rings (SSSR count). The predicted octanol–water partition coefficient (Wildman–Crippen LogP) is 2.59. The molecule has 4 nitrogen and oxygen atoms in total. The first-order chi connectivity index (χ1) is 9.61. The number of nitrogens with two attached hydrogens (primary N) is 1. The molecule has 1 saturated heterocycles. The minimum atomic E-state index is -0.000930. The third-order valence-corrected chi connectivity index (χ3v) is 4.69. The highest BCUT2D eigenvalue weighted by Crippen LogP contribution is 2.37. The van der Waals surface area contributed by atoms with Gasteiger partial charge >= 0.3 is 0 Å². The van der Waals surface area contributed by atoms with Gasteiger partial charge in [0.15, 0.2) is 0 Å². The Kier molecular flexibility index (Phi) is 3.85. The minimum Gasteiger partial charge on any atom is -0.397 e. The van der Waals surface area contributed by atoms with Crippen molar-refractivity contribution >= 4 is 28.9 Å². The number of nitrogens with zero attached hydrogens (tertiary/aromatic N) is 1. The van der Waals surface area contributed by atoms with E-state index in [1.807, 2.05) is 0 Å². The number of hydrogen-bond acceptors (Lipinski definition) is 3. The molecular formula is C15H20ClN3O. The van der Waals surface area contributed by atoms with Gasteiger partial charge in [0.2, 0.25) is 5.91 Å². The van der Waals surface area contributed by atoms with E-state index in [0.29, 0.717) is 22.9 Å². The van der Waals surface area contributed by atoms with Crippen molar-refractivity contribution in [2.75, 3.05) is 30.7 Å². The van der Waals surface area contributed by atoms with Crippen molar-refractivity contribution in [1.82, 2.24) is 4.90 Å². The van der Waals surface area contributed by atoms with Crippen LogP contribution in [0, 0.1) is 11.8 Å². The van der Waals surface area contributed by atoms with Crippen molar-refractivity contribution < 1.29 is 4.79 Å². The molecule has 2 fully saturated rings. The van der Waals surface area contributed by atoms with Gasteiger partial charge < -0.3 is 11.1 Å². The Bertz CT molecular complexity index is 508. The summed E-state index contributed by atoms with van der Waals surface area (Å²) in [6, 6.07) is 5.12. The van der Waals surface area contributed by atoms with Crippen LogP contribution < -0.4 is 11.1 Å². The second kappa shape index (κ2) is 5.62. The van der Waals surface area contributed by atoms with Crippen molar-refractivity contribution in [2.24, 2.45) is 11.8 Å². The van der Waals surface area contributed by atoms with Crippen LogP contribution in [0.2, 0.25) is 5.02 Å². The lowest BCUT2D eigenvalue weighted by atomic mass is 10.0. The van der Waals surface area contributed by atoms with Gasteiger partial charge in [0.1, 0.15) is 0 Å². The molecule has 0 bridgehead atoms. The van der Waals surface area contributed by atoms with Crippen molar-refractivity contribution in [1.29, 1.82) is 0 Å². The van der Waals surface area contributed by atoms with Crippen LogP contribution in [-0.4, -0.2) is 30.4 Å². The van der Waals surface area contributed by atoms with E-state index in [2.05, 4.69) is 10.2 Å². The minimum absolute atomic E-state index is 0.000930. The number of halogens is 1. The lowest BCUT2D eigenvalue weighted by molar-refractivity contribution is -0.117. The van der Waals surface area contributed by atoms with E-state index in [0.717, 1.165) is 24.9 Å². The number of carbonyl (C=O) groups excluding carboxylic acids is 1. The third kappa shape index (κ3) is 2.91. The van der Waals surface area contributed by atoms with Gasteiger partial charge in [-0.1, -0.05) is 18.0 Å². The number of benzene rings is 1. The molecular weight excluding hydrogens is 274 g/mol. The van der Waals surface area contributed by atoms with Crippen molar-refractivity contribution in [3.63, 3.8) is 0 Å². The number of fused-ring (bicyclic) bond motifs is 1. The Morgan fingerprint density at radius 1 is 1.35 bits per heavy atom. The average molecular weight is 294 g/mol. The fourth-order valence-electron chi connectivity index (χ4n) is 3.50. The van der Waals surface area contributed by atoms with Crippen LogP contribution in [0.25, 0.3) is 0 Å². The second-order valence-electron chi connectivity index (χ2n) is 5.92. The van der Waals surface area contributed by atoms with Crippen LogP contribution in [0.5, 0.6) is 0 Å². The number of nitrogens with one attached hydrogen (secondary N) is 1. The zero-order valence-corrected chi connectivity index (χ0v) is 12.2. The Labute approximate surface area is 124 Å². The fourth-order valence-corrected chi connectivity index (χ4v) is 3.68. The monoisotopic (exact) mass is 293 g/mol. The summed E-state index contributed by atoms with van der Waals surface area (Å²) < 4.78 is 0. The molecule has 1 aliphatic heterocycles. The zero-order valence-electron chi connectivity index (χ0n) is 11.4. The summed E-state index contributed by atoms with van der Waals surface area (Å²) in [5.74, 6) is 1.62. The lowest BCUT2D eigenvalue weighted by Crippen LogP contribution is -2.32. The molecule has 1 aromatic rings. The molecule has 20 heavy (non-hydrogen) atoms. The zero-order chi connectivity index (χ0) is 14.1. The van der Waals surface area contributed by atoms with E-state index < -0.39 is 0 Å². The van der Waals surface area contributed by atoms with E-state index in [1.54, 1.807) is 18.2 Å². The molecule has 2 aliphatic rings. The number of rotatable bonds is 3. The first-order valence-corrected chi connectivity index (χ1v) is 7.57. The first-order valence-electron chi connectivity index (χ1n) is 7.19. The van der Waals surface area contributed by atoms with Gasteiger partial charge in [-0.25, -0.2) is 0 Å². The Balaban J connectivity index is 1.55. The number of hydrogen-bond donors (Lipinski definition) is 2. The Hall–Kier alpha value is -1.26. The molecule has 3 N–H and O–H groups in total. The topological polar surface area (TPSA) is 58.4 Å². The van der Waals surface area contributed by atoms with Gasteiger partial charge in [0.25, 0.3) is 0 Å². The average Bonchev–Trinajstić information content (AvgIpc) is 2.93. The largest absolute Gasteiger partial charge is 0.397 e. The summed E-state index contributed by atoms with van der Waals surface area (Å²) in [5.41, 5.74) is 6.98. The van der Waals surface area contributed by atoms with E-state index in [-0.39, 0.29) is 5.91 Å². The number of likely N-dealkylation sites (tertiary alicyclic amines) is 1. The van der Waals surface area contributed by atoms with E-state index in [9.17, 15) is 4.79 Å². The van der Waals surface area contributed by atoms with Gasteiger partial charge in [-0.15, -0.1) is 0 Å². The standard InChI is InChI=1S/C15H20ClN3O/c16-12-4-5-14(13(17)6-12)18-15(20)9-19-7-10-2-1-3-11(10)8-19/h4-6,10-11H,1-3,7-9,17H2,(H,18,20). The molecule has 1 heterocycles. The highest BCUT2D eigenvalue weighted by atomic mass is 35.5. The smallest absolute Gasteiger partial charge is 0.238 e. The third-order valence-electron chi connectivity index (χ3n) is 4.46. The van der Waals surface area contributed by atoms with Crippen LogP contribution in [-0.2, 0) is 4.79 Å². The number of amides is 1. The maximum absolute atomic E-state index is 12.1. The molecule has 0 spiro atoms. The summed E-state index contributed by atoms with van der Waals surface area (Å²) >= 11 is 5.84. The number of anilines is 2. The molecule has 2 atom stereocenters. The van der Waals surface area contributed by atoms with Crippen molar-refractivity contribution in [3.8, 4) is 0 Å². The summed E-state index contributed by atoms with van der Waals surface area (Å²) in [6.07, 6.45) is 4.01. The van der Waals surface area contributed by atoms with Gasteiger partial charge in [-0.2, -0.15) is 0 Å². The van der Waals surface area contributed by atoms with Gasteiger partial charge in [0.05, 0.1) is 17.9 Å². The summed E-state index contributed by atoms with van der Waals surface area (Å²) in [7, 11) is 0. The van der Waals surface area contributed by atoms with Crippen LogP contribution in [0.15, 0.2) is 18.2 Å². The van der Waals surface area contributed by atoms with Crippen LogP contribution in [0.4, 0.5) is 11.4 Å². The molecule has 2 unspecified atom stereocenters. The van der Waals surface area contributed by atoms with Crippen LogP contribution >= 0.6 is 11.6 Å². The molecule has 5 heteroatoms. The normalized spacial score (nSPS) is 25.6. The molecule has 1 aliphatic carbocycles. The van der Waals surface area contributed by atoms with Gasteiger partial charge in [-0.3, -0.25) is 9.69 Å². The SMILES string of the molecule is Nc1cc(Cl)ccc1NC(=O)CN1CC2CCCC2C1. The van der Waals surface area contributed by atoms with Crippen LogP contribution in [0.1, 0.15) is 19.3 Å². The Morgan fingerprint density at radius 2 is 2.05 bits per heavy atom. The van der Waals surface area contributed by atoms with E-state index in [1.165, 1.54) is 19.3 Å². The molecule has 0 radical (unpaired) electrons.